The first kappa shape index (κ1) is 22.2. The fourth-order valence-electron chi connectivity index (χ4n) is 4.51. The summed E-state index contributed by atoms with van der Waals surface area (Å²) in [6, 6.07) is 23.9. The van der Waals surface area contributed by atoms with Gasteiger partial charge in [0.1, 0.15) is 6.61 Å². The average Bonchev–Trinajstić information content (AvgIpc) is 3.51. The second kappa shape index (κ2) is 8.99. The summed E-state index contributed by atoms with van der Waals surface area (Å²) >= 11 is 0. The third-order valence-corrected chi connectivity index (χ3v) is 8.04. The van der Waals surface area contributed by atoms with Crippen molar-refractivity contribution in [3.05, 3.63) is 102 Å². The third kappa shape index (κ3) is 4.19. The first-order valence-corrected chi connectivity index (χ1v) is 12.8. The number of carbonyl (C=O) groups is 1. The van der Waals surface area contributed by atoms with E-state index in [4.69, 9.17) is 4.74 Å². The second-order valence-corrected chi connectivity index (χ2v) is 10.5. The SMILES string of the molecule is Cc1ccc(S(=O)(=O)n2ccc3cc([C@H]4CCCN4C(=O)OCc4ccccc4)ccc32)cc1. The van der Waals surface area contributed by atoms with Gasteiger partial charge in [0.25, 0.3) is 10.0 Å². The molecular formula is C27H26N2O4S. The zero-order chi connectivity index (χ0) is 23.7. The molecule has 1 atom stereocenters. The monoisotopic (exact) mass is 474 g/mol. The highest BCUT2D eigenvalue weighted by Gasteiger charge is 2.31. The summed E-state index contributed by atoms with van der Waals surface area (Å²) in [5.41, 5.74) is 3.54. The maximum Gasteiger partial charge on any atom is 0.410 e. The molecule has 1 fully saturated rings. The Kier molecular flexibility index (Phi) is 5.87. The van der Waals surface area contributed by atoms with Gasteiger partial charge in [-0.1, -0.05) is 54.1 Å². The predicted octanol–water partition coefficient (Wildman–Crippen LogP) is 5.66. The van der Waals surface area contributed by atoms with Gasteiger partial charge >= 0.3 is 6.09 Å². The van der Waals surface area contributed by atoms with Crippen molar-refractivity contribution in [3.63, 3.8) is 0 Å². The number of amides is 1. The Balaban J connectivity index is 1.38. The summed E-state index contributed by atoms with van der Waals surface area (Å²) in [5.74, 6) is 0. The van der Waals surface area contributed by atoms with Crippen molar-refractivity contribution < 1.29 is 17.9 Å². The highest BCUT2D eigenvalue weighted by atomic mass is 32.2. The van der Waals surface area contributed by atoms with Crippen LogP contribution in [-0.4, -0.2) is 29.9 Å². The van der Waals surface area contributed by atoms with Crippen molar-refractivity contribution in [3.8, 4) is 0 Å². The van der Waals surface area contributed by atoms with Crippen molar-refractivity contribution in [2.45, 2.75) is 37.3 Å². The third-order valence-electron chi connectivity index (χ3n) is 6.33. The molecule has 6 nitrogen and oxygen atoms in total. The Morgan fingerprint density at radius 3 is 2.53 bits per heavy atom. The zero-order valence-corrected chi connectivity index (χ0v) is 19.7. The van der Waals surface area contributed by atoms with Crippen LogP contribution >= 0.6 is 0 Å². The molecule has 0 bridgehead atoms. The van der Waals surface area contributed by atoms with Crippen molar-refractivity contribution in [2.24, 2.45) is 0 Å². The first-order valence-electron chi connectivity index (χ1n) is 11.3. The van der Waals surface area contributed by atoms with E-state index >= 15 is 0 Å². The van der Waals surface area contributed by atoms with Gasteiger partial charge in [-0.15, -0.1) is 0 Å². The fourth-order valence-corrected chi connectivity index (χ4v) is 5.86. The molecular weight excluding hydrogens is 448 g/mol. The highest BCUT2D eigenvalue weighted by molar-refractivity contribution is 7.90. The summed E-state index contributed by atoms with van der Waals surface area (Å²) in [6.45, 7) is 2.80. The van der Waals surface area contributed by atoms with E-state index in [1.165, 1.54) is 3.97 Å². The van der Waals surface area contributed by atoms with Gasteiger partial charge < -0.3 is 9.64 Å². The van der Waals surface area contributed by atoms with E-state index in [0.717, 1.165) is 34.9 Å². The molecule has 5 rings (SSSR count). The van der Waals surface area contributed by atoms with Crippen LogP contribution in [0.15, 0.2) is 90.0 Å². The van der Waals surface area contributed by atoms with Crippen LogP contribution in [0.3, 0.4) is 0 Å². The normalized spacial score (nSPS) is 16.1. The molecule has 2 heterocycles. The van der Waals surface area contributed by atoms with Gasteiger partial charge in [0.15, 0.2) is 0 Å². The van der Waals surface area contributed by atoms with E-state index < -0.39 is 10.0 Å². The highest BCUT2D eigenvalue weighted by Crippen LogP contribution is 2.35. The molecule has 0 radical (unpaired) electrons. The van der Waals surface area contributed by atoms with Crippen LogP contribution in [0.4, 0.5) is 4.79 Å². The molecule has 1 saturated heterocycles. The molecule has 1 aromatic heterocycles. The molecule has 1 aliphatic heterocycles. The van der Waals surface area contributed by atoms with Crippen LogP contribution in [-0.2, 0) is 21.4 Å². The van der Waals surface area contributed by atoms with Gasteiger partial charge in [-0.25, -0.2) is 17.2 Å². The molecule has 3 aromatic carbocycles. The lowest BCUT2D eigenvalue weighted by Crippen LogP contribution is -2.31. The van der Waals surface area contributed by atoms with E-state index in [1.807, 2.05) is 55.5 Å². The van der Waals surface area contributed by atoms with Gasteiger partial charge in [0.05, 0.1) is 16.5 Å². The minimum atomic E-state index is -3.70. The number of aryl methyl sites for hydroxylation is 1. The number of likely N-dealkylation sites (tertiary alicyclic amines) is 1. The second-order valence-electron chi connectivity index (χ2n) is 8.64. The van der Waals surface area contributed by atoms with Gasteiger partial charge in [-0.3, -0.25) is 0 Å². The predicted molar refractivity (Wildman–Crippen MR) is 131 cm³/mol. The van der Waals surface area contributed by atoms with Crippen molar-refractivity contribution in [1.82, 2.24) is 8.87 Å². The van der Waals surface area contributed by atoms with Crippen LogP contribution in [0.1, 0.15) is 35.6 Å². The Morgan fingerprint density at radius 1 is 1.00 bits per heavy atom. The average molecular weight is 475 g/mol. The summed E-state index contributed by atoms with van der Waals surface area (Å²) in [4.78, 5) is 14.8. The van der Waals surface area contributed by atoms with Crippen molar-refractivity contribution in [2.75, 3.05) is 6.54 Å². The van der Waals surface area contributed by atoms with E-state index in [-0.39, 0.29) is 23.6 Å². The lowest BCUT2D eigenvalue weighted by molar-refractivity contribution is 0.0921. The molecule has 1 amide bonds. The summed E-state index contributed by atoms with van der Waals surface area (Å²) < 4.78 is 33.2. The topological polar surface area (TPSA) is 68.6 Å². The molecule has 0 unspecified atom stereocenters. The van der Waals surface area contributed by atoms with E-state index in [1.54, 1.807) is 41.4 Å². The van der Waals surface area contributed by atoms with Gasteiger partial charge in [0.2, 0.25) is 0 Å². The molecule has 1 aliphatic rings. The number of hydrogen-bond acceptors (Lipinski definition) is 4. The molecule has 0 N–H and O–H groups in total. The minimum absolute atomic E-state index is 0.0928. The van der Waals surface area contributed by atoms with E-state index in [9.17, 15) is 13.2 Å². The molecule has 174 valence electrons. The van der Waals surface area contributed by atoms with E-state index in [0.29, 0.717) is 12.1 Å². The fraction of sp³-hybridized carbons (Fsp3) is 0.222. The standard InChI is InChI=1S/C27H26N2O4S/c1-20-9-12-24(13-10-20)34(31,32)29-17-15-23-18-22(11-14-26(23)29)25-8-5-16-28(25)27(30)33-19-21-6-3-2-4-7-21/h2-4,6-7,9-15,17-18,25H,5,8,16,19H2,1H3/t25-/m1/s1. The quantitative estimate of drug-likeness (QED) is 0.374. The van der Waals surface area contributed by atoms with Crippen LogP contribution < -0.4 is 0 Å². The zero-order valence-electron chi connectivity index (χ0n) is 18.9. The number of carbonyl (C=O) groups excluding carboxylic acids is 1. The minimum Gasteiger partial charge on any atom is -0.445 e. The molecule has 7 heteroatoms. The van der Waals surface area contributed by atoms with Gasteiger partial charge in [0, 0.05) is 18.1 Å². The molecule has 0 aliphatic carbocycles. The maximum absolute atomic E-state index is 13.2. The van der Waals surface area contributed by atoms with Gasteiger partial charge in [-0.2, -0.15) is 0 Å². The number of aromatic nitrogens is 1. The Hall–Kier alpha value is -3.58. The smallest absolute Gasteiger partial charge is 0.410 e. The van der Waals surface area contributed by atoms with Crippen LogP contribution in [0, 0.1) is 6.92 Å². The number of rotatable bonds is 5. The number of nitrogens with zero attached hydrogens (tertiary/aromatic N) is 2. The van der Waals surface area contributed by atoms with Crippen molar-refractivity contribution >= 4 is 27.0 Å². The molecule has 0 saturated carbocycles. The molecule has 34 heavy (non-hydrogen) atoms. The summed E-state index contributed by atoms with van der Waals surface area (Å²) in [5, 5.41) is 0.817. The largest absolute Gasteiger partial charge is 0.445 e. The number of benzene rings is 3. The van der Waals surface area contributed by atoms with Crippen LogP contribution in [0.25, 0.3) is 10.9 Å². The van der Waals surface area contributed by atoms with Crippen molar-refractivity contribution in [1.29, 1.82) is 0 Å². The number of ether oxygens (including phenoxy) is 1. The van der Waals surface area contributed by atoms with Crippen LogP contribution in [0.5, 0.6) is 0 Å². The lowest BCUT2D eigenvalue weighted by Gasteiger charge is -2.24. The number of hydrogen-bond donors (Lipinski definition) is 0. The Labute approximate surface area is 199 Å². The van der Waals surface area contributed by atoms with E-state index in [2.05, 4.69) is 0 Å². The Bertz CT molecular complexity index is 1430. The number of fused-ring (bicyclic) bond motifs is 1. The Morgan fingerprint density at radius 2 is 1.76 bits per heavy atom. The lowest BCUT2D eigenvalue weighted by atomic mass is 10.0. The summed E-state index contributed by atoms with van der Waals surface area (Å²) in [6.07, 6.45) is 3.00. The summed E-state index contributed by atoms with van der Waals surface area (Å²) in [7, 11) is -3.70. The first-order chi connectivity index (χ1) is 16.4. The van der Waals surface area contributed by atoms with Crippen LogP contribution in [0.2, 0.25) is 0 Å². The molecule has 4 aromatic rings. The molecule has 0 spiro atoms. The van der Waals surface area contributed by atoms with Gasteiger partial charge in [-0.05, 0) is 61.2 Å². The maximum atomic E-state index is 13.2.